The number of carbonyl (C=O) groups excluding carboxylic acids is 1. The molecule has 10 heteroatoms. The number of ether oxygens (including phenoxy) is 3. The molecule has 1 atom stereocenters. The Kier molecular flexibility index (Phi) is 5.67. The van der Waals surface area contributed by atoms with Crippen molar-refractivity contribution in [1.82, 2.24) is 9.13 Å². The lowest BCUT2D eigenvalue weighted by Crippen LogP contribution is -2.19. The molecule has 0 saturated heterocycles. The molecule has 4 aromatic rings. The molecule has 0 unspecified atom stereocenters. The van der Waals surface area contributed by atoms with E-state index in [9.17, 15) is 24.6 Å². The molecule has 2 aliphatic heterocycles. The van der Waals surface area contributed by atoms with Crippen LogP contribution in [0.15, 0.2) is 59.1 Å². The number of Topliss-reactive ketones (excluding diaryl/α,β-unsaturated/α-hetero) is 1. The summed E-state index contributed by atoms with van der Waals surface area (Å²) in [5, 5.41) is 20.7. The van der Waals surface area contributed by atoms with Crippen molar-refractivity contribution in [1.29, 1.82) is 0 Å². The predicted molar refractivity (Wildman–Crippen MR) is 141 cm³/mol. The third-order valence-electron chi connectivity index (χ3n) is 7.14. The van der Waals surface area contributed by atoms with E-state index in [1.165, 1.54) is 21.3 Å². The number of benzene rings is 3. The minimum absolute atomic E-state index is 0.0310. The first-order valence-electron chi connectivity index (χ1n) is 12.3. The molecule has 2 aliphatic rings. The molecule has 6 rings (SSSR count). The number of nitrogens with zero attached hydrogens (tertiary/aromatic N) is 2. The van der Waals surface area contributed by atoms with Crippen LogP contribution in [0.4, 0.5) is 0 Å². The lowest BCUT2D eigenvalue weighted by molar-refractivity contribution is -0.137. The van der Waals surface area contributed by atoms with Gasteiger partial charge in [-0.05, 0) is 53.6 Å². The van der Waals surface area contributed by atoms with Gasteiger partial charge in [-0.2, -0.15) is 0 Å². The van der Waals surface area contributed by atoms with Gasteiger partial charge < -0.3 is 24.4 Å². The summed E-state index contributed by atoms with van der Waals surface area (Å²) >= 11 is 0. The molecule has 3 aromatic carbocycles. The first-order valence-corrected chi connectivity index (χ1v) is 12.3. The molecule has 0 radical (unpaired) electrons. The van der Waals surface area contributed by atoms with Crippen molar-refractivity contribution in [3.05, 3.63) is 87.0 Å². The van der Waals surface area contributed by atoms with E-state index in [0.717, 1.165) is 0 Å². The Morgan fingerprint density at radius 3 is 2.49 bits per heavy atom. The second kappa shape index (κ2) is 9.09. The molecule has 1 aromatic heterocycles. The van der Waals surface area contributed by atoms with Crippen molar-refractivity contribution in [2.45, 2.75) is 12.3 Å². The van der Waals surface area contributed by atoms with Crippen LogP contribution in [0.3, 0.4) is 0 Å². The normalized spacial score (nSPS) is 15.8. The van der Waals surface area contributed by atoms with E-state index in [2.05, 4.69) is 0 Å². The maximum absolute atomic E-state index is 13.3. The molecule has 10 nitrogen and oxygen atoms in total. The Labute approximate surface area is 221 Å². The fraction of sp³-hybridized carbons (Fsp3) is 0.207. The van der Waals surface area contributed by atoms with Crippen LogP contribution >= 0.6 is 0 Å². The zero-order valence-electron chi connectivity index (χ0n) is 21.1. The van der Waals surface area contributed by atoms with Crippen LogP contribution in [0.5, 0.6) is 23.0 Å². The largest absolute Gasteiger partial charge is 0.508 e. The summed E-state index contributed by atoms with van der Waals surface area (Å²) in [6.07, 6.45) is 1.19. The molecule has 3 heterocycles. The number of phenols is 1. The Bertz CT molecular complexity index is 1780. The summed E-state index contributed by atoms with van der Waals surface area (Å²) in [4.78, 5) is 37.7. The topological polar surface area (TPSA) is 129 Å². The smallest absolute Gasteiger partial charge is 0.328 e. The van der Waals surface area contributed by atoms with Crippen molar-refractivity contribution >= 4 is 28.9 Å². The monoisotopic (exact) mass is 528 g/mol. The van der Waals surface area contributed by atoms with Gasteiger partial charge in [0.2, 0.25) is 5.78 Å². The summed E-state index contributed by atoms with van der Waals surface area (Å²) in [5.41, 5.74) is 2.68. The van der Waals surface area contributed by atoms with E-state index >= 15 is 0 Å². The molecule has 0 amide bonds. The molecule has 198 valence electrons. The lowest BCUT2D eigenvalue weighted by atomic mass is 9.86. The minimum atomic E-state index is -1.10. The maximum Gasteiger partial charge on any atom is 0.328 e. The molecular formula is C29H24N2O8. The highest BCUT2D eigenvalue weighted by molar-refractivity contribution is 6.15. The van der Waals surface area contributed by atoms with Crippen molar-refractivity contribution in [3.8, 4) is 23.0 Å². The van der Waals surface area contributed by atoms with E-state index < -0.39 is 17.7 Å². The van der Waals surface area contributed by atoms with Gasteiger partial charge in [0.15, 0.2) is 17.3 Å². The zero-order valence-corrected chi connectivity index (χ0v) is 21.1. The number of ketones is 1. The third-order valence-corrected chi connectivity index (χ3v) is 7.14. The predicted octanol–water partition coefficient (Wildman–Crippen LogP) is 3.58. The van der Waals surface area contributed by atoms with E-state index in [0.29, 0.717) is 46.9 Å². The number of carboxylic acid groups (broad SMARTS) is 1. The van der Waals surface area contributed by atoms with E-state index in [1.807, 2.05) is 0 Å². The molecule has 2 N–H and O–H groups in total. The Morgan fingerprint density at radius 2 is 1.72 bits per heavy atom. The lowest BCUT2D eigenvalue weighted by Gasteiger charge is -2.20. The average molecular weight is 529 g/mol. The van der Waals surface area contributed by atoms with Gasteiger partial charge in [-0.3, -0.25) is 18.7 Å². The Morgan fingerprint density at radius 1 is 0.974 bits per heavy atom. The van der Waals surface area contributed by atoms with Gasteiger partial charge in [-0.15, -0.1) is 0 Å². The number of fused-ring (bicyclic) bond motifs is 3. The minimum Gasteiger partial charge on any atom is -0.508 e. The van der Waals surface area contributed by atoms with Gasteiger partial charge in [-0.25, -0.2) is 4.79 Å². The quantitative estimate of drug-likeness (QED) is 0.376. The van der Waals surface area contributed by atoms with E-state index in [4.69, 9.17) is 14.2 Å². The fourth-order valence-electron chi connectivity index (χ4n) is 5.20. The first-order chi connectivity index (χ1) is 18.7. The summed E-state index contributed by atoms with van der Waals surface area (Å²) < 4.78 is 20.2. The highest BCUT2D eigenvalue weighted by Crippen LogP contribution is 2.47. The number of rotatable bonds is 5. The number of phenolic OH excluding ortho intramolecular Hbond substituents is 1. The van der Waals surface area contributed by atoms with Gasteiger partial charge in [0, 0.05) is 25.6 Å². The Balaban J connectivity index is 1.45. The number of carbonyl (C=O) groups is 2. The van der Waals surface area contributed by atoms with Crippen molar-refractivity contribution < 1.29 is 34.0 Å². The maximum atomic E-state index is 13.3. The van der Waals surface area contributed by atoms with Gasteiger partial charge in [0.05, 0.1) is 23.0 Å². The number of allylic oxidation sites excluding steroid dienone is 1. The molecular weight excluding hydrogens is 504 g/mol. The summed E-state index contributed by atoms with van der Waals surface area (Å²) in [5.74, 6) is -1.24. The number of hydrogen-bond acceptors (Lipinski definition) is 7. The molecule has 39 heavy (non-hydrogen) atoms. The van der Waals surface area contributed by atoms with E-state index in [-0.39, 0.29) is 40.5 Å². The highest BCUT2D eigenvalue weighted by atomic mass is 16.6. The number of carboxylic acids is 1. The standard InChI is InChI=1S/C29H24N2O8/c1-30-19-6-4-16(13-20(19)31(2)29(30)36)18(14-25(33)34)26-21(32)7-5-17-27(35)24(39-28(17)26)12-15-3-8-22-23(11-15)38-10-9-37-22/h3-8,11-13,18,32H,9-10,14H2,1-2H3,(H,33,34)/b24-12-/t18-/m1/s1. The highest BCUT2D eigenvalue weighted by Gasteiger charge is 2.35. The molecule has 0 aliphatic carbocycles. The Hall–Kier alpha value is -4.99. The molecule has 0 saturated carbocycles. The zero-order chi connectivity index (χ0) is 27.4. The van der Waals surface area contributed by atoms with Crippen molar-refractivity contribution in [2.24, 2.45) is 14.1 Å². The second-order valence-electron chi connectivity index (χ2n) is 9.52. The average Bonchev–Trinajstić information content (AvgIpc) is 3.35. The number of aliphatic carboxylic acids is 1. The number of imidazole rings is 1. The van der Waals surface area contributed by atoms with Gasteiger partial charge >= 0.3 is 11.7 Å². The molecule has 0 bridgehead atoms. The second-order valence-corrected chi connectivity index (χ2v) is 9.52. The van der Waals surface area contributed by atoms with Crippen LogP contribution in [0.1, 0.15) is 39.4 Å². The number of hydrogen-bond donors (Lipinski definition) is 2. The number of aromatic hydroxyl groups is 1. The first kappa shape index (κ1) is 24.4. The number of aryl methyl sites for hydroxylation is 2. The molecule has 0 fully saturated rings. The fourth-order valence-corrected chi connectivity index (χ4v) is 5.20. The molecule has 0 spiro atoms. The van der Waals surface area contributed by atoms with Crippen LogP contribution < -0.4 is 19.9 Å². The van der Waals surface area contributed by atoms with Gasteiger partial charge in [-0.1, -0.05) is 12.1 Å². The van der Waals surface area contributed by atoms with Crippen molar-refractivity contribution in [3.63, 3.8) is 0 Å². The van der Waals surface area contributed by atoms with Crippen LogP contribution in [0.25, 0.3) is 17.1 Å². The van der Waals surface area contributed by atoms with Gasteiger partial charge in [0.1, 0.15) is 24.7 Å². The third kappa shape index (κ3) is 4.01. The van der Waals surface area contributed by atoms with Crippen LogP contribution in [-0.4, -0.2) is 44.3 Å². The summed E-state index contributed by atoms with van der Waals surface area (Å²) in [7, 11) is 3.29. The van der Waals surface area contributed by atoms with Crippen LogP contribution in [0, 0.1) is 0 Å². The van der Waals surface area contributed by atoms with Crippen LogP contribution in [-0.2, 0) is 18.9 Å². The van der Waals surface area contributed by atoms with Gasteiger partial charge in [0.25, 0.3) is 0 Å². The SMILES string of the molecule is Cn1c(=O)n(C)c2cc([C@@H](CC(=O)O)c3c(O)ccc4c3O/C(=C\c3ccc5c(c3)OCCO5)C4=O)ccc21. The van der Waals surface area contributed by atoms with E-state index in [1.54, 1.807) is 56.6 Å². The summed E-state index contributed by atoms with van der Waals surface area (Å²) in [6, 6.07) is 13.3. The number of aromatic nitrogens is 2. The van der Waals surface area contributed by atoms with Crippen LogP contribution in [0.2, 0.25) is 0 Å². The summed E-state index contributed by atoms with van der Waals surface area (Å²) in [6.45, 7) is 0.881. The van der Waals surface area contributed by atoms with Crippen molar-refractivity contribution in [2.75, 3.05) is 13.2 Å².